The number of carbonyl (C=O) groups is 1. The highest BCUT2D eigenvalue weighted by Gasteiger charge is 2.21. The Morgan fingerprint density at radius 3 is 2.44 bits per heavy atom. The second-order valence-corrected chi connectivity index (χ2v) is 6.97. The van der Waals surface area contributed by atoms with Crippen molar-refractivity contribution in [1.82, 2.24) is 0 Å². The van der Waals surface area contributed by atoms with Crippen LogP contribution in [-0.2, 0) is 21.3 Å². The fourth-order valence-electron chi connectivity index (χ4n) is 2.56. The second kappa shape index (κ2) is 6.64. The molecule has 1 amide bonds. The average molecular weight is 363 g/mol. The molecular formula is C17H17NO6S. The van der Waals surface area contributed by atoms with E-state index in [0.29, 0.717) is 30.0 Å². The van der Waals surface area contributed by atoms with Crippen molar-refractivity contribution in [1.29, 1.82) is 0 Å². The van der Waals surface area contributed by atoms with Crippen molar-refractivity contribution in [2.45, 2.75) is 17.7 Å². The topological polar surface area (TPSA) is 90.9 Å². The second-order valence-electron chi connectivity index (χ2n) is 5.42. The van der Waals surface area contributed by atoms with Crippen LogP contribution in [0.4, 0.5) is 5.69 Å². The summed E-state index contributed by atoms with van der Waals surface area (Å²) in [6.07, 6.45) is 0.896. The molecule has 25 heavy (non-hydrogen) atoms. The summed E-state index contributed by atoms with van der Waals surface area (Å²) in [7, 11) is -1.14. The van der Waals surface area contributed by atoms with Gasteiger partial charge in [0.05, 0.1) is 14.2 Å². The fraction of sp³-hybridized carbons (Fsp3) is 0.235. The van der Waals surface area contributed by atoms with E-state index in [4.69, 9.17) is 13.7 Å². The molecule has 0 aliphatic carbocycles. The molecule has 0 radical (unpaired) electrons. The lowest BCUT2D eigenvalue weighted by Crippen LogP contribution is -2.19. The third-order valence-electron chi connectivity index (χ3n) is 3.82. The van der Waals surface area contributed by atoms with Crippen molar-refractivity contribution >= 4 is 21.7 Å². The van der Waals surface area contributed by atoms with Crippen LogP contribution in [-0.4, -0.2) is 28.5 Å². The molecule has 1 heterocycles. The average Bonchev–Trinajstić information content (AvgIpc) is 2.60. The number of methoxy groups -OCH3 is 2. The lowest BCUT2D eigenvalue weighted by atomic mass is 10.0. The number of rotatable bonds is 5. The molecule has 2 aromatic carbocycles. The third-order valence-corrected chi connectivity index (χ3v) is 5.06. The van der Waals surface area contributed by atoms with Crippen LogP contribution in [0.5, 0.6) is 17.2 Å². The maximum Gasteiger partial charge on any atom is 0.339 e. The van der Waals surface area contributed by atoms with E-state index in [9.17, 15) is 13.2 Å². The highest BCUT2D eigenvalue weighted by atomic mass is 32.2. The van der Waals surface area contributed by atoms with Gasteiger partial charge in [0.1, 0.15) is 10.6 Å². The Bertz CT molecular complexity index is 923. The molecule has 1 N–H and O–H groups in total. The lowest BCUT2D eigenvalue weighted by Gasteiger charge is -2.17. The number of hydrogen-bond donors (Lipinski definition) is 1. The molecule has 1 aliphatic heterocycles. The van der Waals surface area contributed by atoms with Gasteiger partial charge in [-0.05, 0) is 42.3 Å². The van der Waals surface area contributed by atoms with Crippen molar-refractivity contribution in [3.8, 4) is 17.2 Å². The number of carbonyl (C=O) groups excluding carboxylic acids is 1. The largest absolute Gasteiger partial charge is 0.493 e. The zero-order valence-electron chi connectivity index (χ0n) is 13.7. The molecular weight excluding hydrogens is 346 g/mol. The summed E-state index contributed by atoms with van der Waals surface area (Å²) in [5, 5.41) is 2.73. The SMILES string of the molecule is COc1ccc(S(=O)(=O)Oc2ccc3c(c2)CCC(=O)N3)cc1OC. The molecule has 0 fully saturated rings. The van der Waals surface area contributed by atoms with E-state index in [1.54, 1.807) is 12.1 Å². The number of nitrogens with one attached hydrogen (secondary N) is 1. The summed E-state index contributed by atoms with van der Waals surface area (Å²) in [6, 6.07) is 8.97. The Kier molecular flexibility index (Phi) is 4.54. The normalized spacial score (nSPS) is 13.6. The van der Waals surface area contributed by atoms with Crippen molar-refractivity contribution in [2.75, 3.05) is 19.5 Å². The third kappa shape index (κ3) is 3.53. The molecule has 0 unspecified atom stereocenters. The van der Waals surface area contributed by atoms with E-state index in [1.165, 1.54) is 38.5 Å². The van der Waals surface area contributed by atoms with Gasteiger partial charge in [0, 0.05) is 18.2 Å². The Hall–Kier alpha value is -2.74. The Morgan fingerprint density at radius 1 is 0.960 bits per heavy atom. The van der Waals surface area contributed by atoms with Crippen LogP contribution in [0.15, 0.2) is 41.3 Å². The molecule has 0 saturated heterocycles. The van der Waals surface area contributed by atoms with Crippen molar-refractivity contribution in [3.05, 3.63) is 42.0 Å². The van der Waals surface area contributed by atoms with Crippen LogP contribution in [0, 0.1) is 0 Å². The first-order valence-electron chi connectivity index (χ1n) is 7.52. The minimum absolute atomic E-state index is 0.0452. The van der Waals surface area contributed by atoms with Crippen molar-refractivity contribution in [2.24, 2.45) is 0 Å². The molecule has 1 aliphatic rings. The number of fused-ring (bicyclic) bond motifs is 1. The maximum absolute atomic E-state index is 12.5. The highest BCUT2D eigenvalue weighted by molar-refractivity contribution is 7.87. The summed E-state index contributed by atoms with van der Waals surface area (Å²) >= 11 is 0. The number of hydrogen-bond acceptors (Lipinski definition) is 6. The van der Waals surface area contributed by atoms with E-state index in [2.05, 4.69) is 5.32 Å². The van der Waals surface area contributed by atoms with Crippen LogP contribution < -0.4 is 19.0 Å². The zero-order chi connectivity index (χ0) is 18.0. The predicted molar refractivity (Wildman–Crippen MR) is 90.8 cm³/mol. The summed E-state index contributed by atoms with van der Waals surface area (Å²) in [6.45, 7) is 0. The van der Waals surface area contributed by atoms with Crippen LogP contribution in [0.25, 0.3) is 0 Å². The molecule has 0 aromatic heterocycles. The van der Waals surface area contributed by atoms with Crippen LogP contribution in [0.1, 0.15) is 12.0 Å². The highest BCUT2D eigenvalue weighted by Crippen LogP contribution is 2.32. The smallest absolute Gasteiger partial charge is 0.339 e. The molecule has 0 saturated carbocycles. The first-order valence-corrected chi connectivity index (χ1v) is 8.93. The summed E-state index contributed by atoms with van der Waals surface area (Å²) in [4.78, 5) is 11.3. The standard InChI is InChI=1S/C17H17NO6S/c1-22-15-7-5-13(10-16(15)23-2)25(20,21)24-12-4-6-14-11(9-12)3-8-17(19)18-14/h4-7,9-10H,3,8H2,1-2H3,(H,18,19). The van der Waals surface area contributed by atoms with E-state index in [1.807, 2.05) is 0 Å². The van der Waals surface area contributed by atoms with Crippen molar-refractivity contribution in [3.63, 3.8) is 0 Å². The van der Waals surface area contributed by atoms with Gasteiger partial charge in [-0.2, -0.15) is 8.42 Å². The molecule has 3 rings (SSSR count). The number of benzene rings is 2. The quantitative estimate of drug-likeness (QED) is 0.820. The van der Waals surface area contributed by atoms with Gasteiger partial charge in [0.2, 0.25) is 5.91 Å². The first-order chi connectivity index (χ1) is 11.9. The van der Waals surface area contributed by atoms with Gasteiger partial charge >= 0.3 is 10.1 Å². The number of aryl methyl sites for hydroxylation is 1. The summed E-state index contributed by atoms with van der Waals surface area (Å²) in [5.74, 6) is 0.843. The Morgan fingerprint density at radius 2 is 1.72 bits per heavy atom. The minimum Gasteiger partial charge on any atom is -0.493 e. The van der Waals surface area contributed by atoms with Gasteiger partial charge in [-0.1, -0.05) is 0 Å². The lowest BCUT2D eigenvalue weighted by molar-refractivity contribution is -0.116. The van der Waals surface area contributed by atoms with Gasteiger partial charge < -0.3 is 19.0 Å². The van der Waals surface area contributed by atoms with Gasteiger partial charge in [0.15, 0.2) is 11.5 Å². The molecule has 2 aromatic rings. The number of ether oxygens (including phenoxy) is 2. The predicted octanol–water partition coefficient (Wildman–Crippen LogP) is 2.36. The van der Waals surface area contributed by atoms with Crippen LogP contribution >= 0.6 is 0 Å². The molecule has 8 heteroatoms. The number of anilines is 1. The summed E-state index contributed by atoms with van der Waals surface area (Å²) < 4.78 is 40.4. The van der Waals surface area contributed by atoms with Gasteiger partial charge in [-0.15, -0.1) is 0 Å². The molecule has 132 valence electrons. The number of amides is 1. The van der Waals surface area contributed by atoms with Gasteiger partial charge in [-0.25, -0.2) is 0 Å². The van der Waals surface area contributed by atoms with E-state index >= 15 is 0 Å². The van der Waals surface area contributed by atoms with Crippen LogP contribution in [0.3, 0.4) is 0 Å². The Balaban J connectivity index is 1.88. The minimum atomic E-state index is -4.03. The van der Waals surface area contributed by atoms with E-state index < -0.39 is 10.1 Å². The van der Waals surface area contributed by atoms with Gasteiger partial charge in [-0.3, -0.25) is 4.79 Å². The molecule has 0 bridgehead atoms. The zero-order valence-corrected chi connectivity index (χ0v) is 14.6. The Labute approximate surface area is 145 Å². The molecule has 7 nitrogen and oxygen atoms in total. The first kappa shape index (κ1) is 17.1. The van der Waals surface area contributed by atoms with Crippen molar-refractivity contribution < 1.29 is 26.9 Å². The molecule has 0 spiro atoms. The summed E-state index contributed by atoms with van der Waals surface area (Å²) in [5.41, 5.74) is 1.51. The monoisotopic (exact) mass is 363 g/mol. The fourth-order valence-corrected chi connectivity index (χ4v) is 3.50. The maximum atomic E-state index is 12.5. The van der Waals surface area contributed by atoms with E-state index in [-0.39, 0.29) is 16.6 Å². The molecule has 0 atom stereocenters. The van der Waals surface area contributed by atoms with E-state index in [0.717, 1.165) is 5.56 Å². The van der Waals surface area contributed by atoms with Crippen LogP contribution in [0.2, 0.25) is 0 Å². The van der Waals surface area contributed by atoms with Gasteiger partial charge in [0.25, 0.3) is 0 Å².